The second-order valence-corrected chi connectivity index (χ2v) is 3.68. The normalized spacial score (nSPS) is 13.1. The minimum Gasteiger partial charge on any atom is -0.492 e. The number of benzene rings is 1. The quantitative estimate of drug-likeness (QED) is 0.727. The van der Waals surface area contributed by atoms with E-state index in [0.29, 0.717) is 29.9 Å². The predicted molar refractivity (Wildman–Crippen MR) is 61.6 cm³/mol. The summed E-state index contributed by atoms with van der Waals surface area (Å²) in [6.45, 7) is 0.407. The Morgan fingerprint density at radius 1 is 1.47 bits per heavy atom. The van der Waals surface area contributed by atoms with E-state index in [-0.39, 0.29) is 12.2 Å². The molecule has 1 amide bonds. The fraction of sp³-hybridized carbons (Fsp3) is 0.231. The van der Waals surface area contributed by atoms with Crippen molar-refractivity contribution in [3.63, 3.8) is 0 Å². The Morgan fingerprint density at radius 2 is 2.29 bits per heavy atom. The van der Waals surface area contributed by atoms with Crippen molar-refractivity contribution in [1.29, 1.82) is 0 Å². The van der Waals surface area contributed by atoms with E-state index >= 15 is 0 Å². The first-order valence-electron chi connectivity index (χ1n) is 5.24. The van der Waals surface area contributed by atoms with Crippen molar-refractivity contribution in [3.8, 4) is 17.6 Å². The number of hydrogen-bond acceptors (Lipinski definition) is 3. The molecule has 0 saturated heterocycles. The average Bonchev–Trinajstić information content (AvgIpc) is 2.29. The highest BCUT2D eigenvalue weighted by molar-refractivity contribution is 5.99. The topological polar surface area (TPSA) is 69.4 Å². The Balaban J connectivity index is 2.23. The van der Waals surface area contributed by atoms with Gasteiger partial charge in [-0.25, -0.2) is 0 Å². The van der Waals surface area contributed by atoms with Crippen molar-refractivity contribution >= 4 is 11.7 Å². The molecule has 0 atom stereocenters. The molecule has 1 heterocycles. The molecule has 0 unspecified atom stereocenters. The van der Waals surface area contributed by atoms with Gasteiger partial charge in [-0.05, 0) is 18.2 Å². The molecular weight excluding hydrogens is 218 g/mol. The first-order valence-corrected chi connectivity index (χ1v) is 5.24. The SMILES string of the molecule is NC(=O)CC#Cc1ccc2c(c1)OCCC2=O. The second-order valence-electron chi connectivity index (χ2n) is 3.68. The summed E-state index contributed by atoms with van der Waals surface area (Å²) in [6, 6.07) is 5.14. The summed E-state index contributed by atoms with van der Waals surface area (Å²) < 4.78 is 5.38. The number of primary amides is 1. The highest BCUT2D eigenvalue weighted by atomic mass is 16.5. The van der Waals surface area contributed by atoms with Crippen LogP contribution in [0.3, 0.4) is 0 Å². The molecule has 1 aromatic carbocycles. The average molecular weight is 229 g/mol. The third-order valence-corrected chi connectivity index (χ3v) is 2.36. The largest absolute Gasteiger partial charge is 0.492 e. The summed E-state index contributed by atoms with van der Waals surface area (Å²) in [5.41, 5.74) is 6.28. The van der Waals surface area contributed by atoms with Gasteiger partial charge in [0.25, 0.3) is 0 Å². The minimum atomic E-state index is -0.457. The summed E-state index contributed by atoms with van der Waals surface area (Å²) in [5.74, 6) is 5.64. The second kappa shape index (κ2) is 4.71. The molecule has 0 saturated carbocycles. The van der Waals surface area contributed by atoms with Crippen LogP contribution in [-0.2, 0) is 4.79 Å². The molecule has 0 aliphatic carbocycles. The molecule has 0 bridgehead atoms. The van der Waals surface area contributed by atoms with Gasteiger partial charge in [0.1, 0.15) is 5.75 Å². The molecule has 4 nitrogen and oxygen atoms in total. The Kier molecular flexibility index (Phi) is 3.10. The number of fused-ring (bicyclic) bond motifs is 1. The standard InChI is InChI=1S/C13H11NO3/c14-13(16)3-1-2-9-4-5-10-11(15)6-7-17-12(10)8-9/h4-5,8H,3,6-7H2,(H2,14,16). The lowest BCUT2D eigenvalue weighted by molar-refractivity contribution is -0.117. The monoisotopic (exact) mass is 229 g/mol. The van der Waals surface area contributed by atoms with Crippen LogP contribution >= 0.6 is 0 Å². The molecule has 2 rings (SSSR count). The zero-order valence-electron chi connectivity index (χ0n) is 9.16. The lowest BCUT2D eigenvalue weighted by atomic mass is 10.0. The number of carbonyl (C=O) groups is 2. The van der Waals surface area contributed by atoms with Gasteiger partial charge in [-0.1, -0.05) is 11.8 Å². The zero-order valence-corrected chi connectivity index (χ0v) is 9.16. The molecular formula is C13H11NO3. The van der Waals surface area contributed by atoms with Crippen molar-refractivity contribution < 1.29 is 14.3 Å². The number of amides is 1. The van der Waals surface area contributed by atoms with E-state index in [1.165, 1.54) is 0 Å². The molecule has 0 aromatic heterocycles. The first kappa shape index (κ1) is 11.2. The van der Waals surface area contributed by atoms with Crippen LogP contribution in [0.2, 0.25) is 0 Å². The van der Waals surface area contributed by atoms with Crippen molar-refractivity contribution in [3.05, 3.63) is 29.3 Å². The summed E-state index contributed by atoms with van der Waals surface area (Å²) in [7, 11) is 0. The molecule has 1 aromatic rings. The fourth-order valence-electron chi connectivity index (χ4n) is 1.57. The number of ketones is 1. The molecule has 1 aliphatic rings. The maximum atomic E-state index is 11.5. The first-order chi connectivity index (χ1) is 8.16. The number of rotatable bonds is 1. The fourth-order valence-corrected chi connectivity index (χ4v) is 1.57. The van der Waals surface area contributed by atoms with Gasteiger partial charge in [0.05, 0.1) is 18.6 Å². The predicted octanol–water partition coefficient (Wildman–Crippen LogP) is 0.879. The van der Waals surface area contributed by atoms with E-state index in [2.05, 4.69) is 11.8 Å². The van der Waals surface area contributed by atoms with Crippen LogP contribution < -0.4 is 10.5 Å². The van der Waals surface area contributed by atoms with E-state index in [9.17, 15) is 9.59 Å². The van der Waals surface area contributed by atoms with Crippen LogP contribution in [-0.4, -0.2) is 18.3 Å². The third-order valence-electron chi connectivity index (χ3n) is 2.36. The van der Waals surface area contributed by atoms with Crippen molar-refractivity contribution in [2.45, 2.75) is 12.8 Å². The van der Waals surface area contributed by atoms with Crippen LogP contribution in [0.5, 0.6) is 5.75 Å². The maximum Gasteiger partial charge on any atom is 0.229 e. The molecule has 86 valence electrons. The Bertz CT molecular complexity index is 537. The van der Waals surface area contributed by atoms with Crippen LogP contribution in [0.1, 0.15) is 28.8 Å². The van der Waals surface area contributed by atoms with Gasteiger partial charge < -0.3 is 10.5 Å². The van der Waals surface area contributed by atoms with E-state index < -0.39 is 5.91 Å². The summed E-state index contributed by atoms with van der Waals surface area (Å²) in [5, 5.41) is 0. The van der Waals surface area contributed by atoms with Crippen molar-refractivity contribution in [1.82, 2.24) is 0 Å². The lowest BCUT2D eigenvalue weighted by Crippen LogP contribution is -2.15. The Labute approximate surface area is 98.8 Å². The minimum absolute atomic E-state index is 0.0247. The van der Waals surface area contributed by atoms with Crippen molar-refractivity contribution in [2.24, 2.45) is 5.73 Å². The van der Waals surface area contributed by atoms with Crippen LogP contribution in [0.15, 0.2) is 18.2 Å². The van der Waals surface area contributed by atoms with Gasteiger partial charge in [0, 0.05) is 12.0 Å². The summed E-state index contributed by atoms with van der Waals surface area (Å²) in [4.78, 5) is 22.0. The molecule has 0 spiro atoms. The van der Waals surface area contributed by atoms with Crippen LogP contribution in [0.4, 0.5) is 0 Å². The van der Waals surface area contributed by atoms with Gasteiger partial charge in [0.15, 0.2) is 5.78 Å². The molecule has 4 heteroatoms. The maximum absolute atomic E-state index is 11.5. The number of nitrogens with two attached hydrogens (primary N) is 1. The van der Waals surface area contributed by atoms with Gasteiger partial charge in [-0.15, -0.1) is 0 Å². The van der Waals surface area contributed by atoms with Crippen LogP contribution in [0, 0.1) is 11.8 Å². The number of hydrogen-bond donors (Lipinski definition) is 1. The van der Waals surface area contributed by atoms with E-state index in [1.807, 2.05) is 0 Å². The smallest absolute Gasteiger partial charge is 0.229 e. The highest BCUT2D eigenvalue weighted by Crippen LogP contribution is 2.25. The molecule has 1 aliphatic heterocycles. The molecule has 0 radical (unpaired) electrons. The molecule has 17 heavy (non-hydrogen) atoms. The van der Waals surface area contributed by atoms with Gasteiger partial charge >= 0.3 is 0 Å². The number of carbonyl (C=O) groups excluding carboxylic acids is 2. The molecule has 0 fully saturated rings. The Hall–Kier alpha value is -2.28. The summed E-state index contributed by atoms with van der Waals surface area (Å²) >= 11 is 0. The summed E-state index contributed by atoms with van der Waals surface area (Å²) in [6.07, 6.45) is 0.441. The number of Topliss-reactive ketones (excluding diaryl/α,β-unsaturated/α-hetero) is 1. The van der Waals surface area contributed by atoms with Gasteiger partial charge in [-0.2, -0.15) is 0 Å². The van der Waals surface area contributed by atoms with Crippen LogP contribution in [0.25, 0.3) is 0 Å². The number of ether oxygens (including phenoxy) is 1. The highest BCUT2D eigenvalue weighted by Gasteiger charge is 2.17. The lowest BCUT2D eigenvalue weighted by Gasteiger charge is -2.15. The third kappa shape index (κ3) is 2.64. The molecule has 2 N–H and O–H groups in total. The van der Waals surface area contributed by atoms with E-state index in [0.717, 1.165) is 0 Å². The van der Waals surface area contributed by atoms with Crippen molar-refractivity contribution in [2.75, 3.05) is 6.61 Å². The van der Waals surface area contributed by atoms with E-state index in [4.69, 9.17) is 10.5 Å². The Morgan fingerprint density at radius 3 is 3.06 bits per heavy atom. The van der Waals surface area contributed by atoms with Gasteiger partial charge in [-0.3, -0.25) is 9.59 Å². The van der Waals surface area contributed by atoms with E-state index in [1.54, 1.807) is 18.2 Å². The zero-order chi connectivity index (χ0) is 12.3. The van der Waals surface area contributed by atoms with Gasteiger partial charge in [0.2, 0.25) is 5.91 Å².